The molecule has 0 saturated carbocycles. The van der Waals surface area contributed by atoms with Crippen LogP contribution < -0.4 is 4.57 Å². The van der Waals surface area contributed by atoms with Crippen LogP contribution in [0.5, 0.6) is 0 Å². The van der Waals surface area contributed by atoms with Crippen molar-refractivity contribution in [3.63, 3.8) is 0 Å². The van der Waals surface area contributed by atoms with Crippen molar-refractivity contribution in [3.05, 3.63) is 77.5 Å². The molecule has 1 nitrogen and oxygen atoms in total. The van der Waals surface area contributed by atoms with Gasteiger partial charge in [0.15, 0.2) is 6.20 Å². The first kappa shape index (κ1) is 21.7. The van der Waals surface area contributed by atoms with Crippen LogP contribution in [-0.2, 0) is 13.5 Å². The van der Waals surface area contributed by atoms with Gasteiger partial charge in [0, 0.05) is 21.2 Å². The molecule has 170 valence electrons. The molecule has 2 heterocycles. The number of aromatic nitrogens is 1. The van der Waals surface area contributed by atoms with E-state index in [0.29, 0.717) is 11.8 Å². The van der Waals surface area contributed by atoms with Crippen LogP contribution in [0, 0.1) is 12.8 Å². The van der Waals surface area contributed by atoms with Gasteiger partial charge in [0.1, 0.15) is 7.05 Å². The van der Waals surface area contributed by atoms with Crippen molar-refractivity contribution < 1.29 is 4.57 Å². The highest BCUT2D eigenvalue weighted by molar-refractivity contribution is 8.00. The maximum Gasteiger partial charge on any atom is 0.222 e. The zero-order valence-electron chi connectivity index (χ0n) is 21.0. The Morgan fingerprint density at radius 2 is 1.62 bits per heavy atom. The van der Waals surface area contributed by atoms with Gasteiger partial charge in [-0.3, -0.25) is 0 Å². The maximum atomic E-state index is 2.45. The lowest BCUT2D eigenvalue weighted by molar-refractivity contribution is -0.659. The summed E-state index contributed by atoms with van der Waals surface area (Å²) < 4.78 is 2.34. The summed E-state index contributed by atoms with van der Waals surface area (Å²) in [5, 5.41) is 8.28. The summed E-state index contributed by atoms with van der Waals surface area (Å²) in [5.41, 5.74) is 7.09. The van der Waals surface area contributed by atoms with Crippen LogP contribution in [0.1, 0.15) is 50.3 Å². The van der Waals surface area contributed by atoms with Gasteiger partial charge in [0.2, 0.25) is 5.69 Å². The van der Waals surface area contributed by atoms with Crippen molar-refractivity contribution in [2.24, 2.45) is 13.0 Å². The fraction of sp³-hybridized carbons (Fsp3) is 0.281. The molecule has 0 N–H and O–H groups in total. The Kier molecular flexibility index (Phi) is 5.00. The predicted molar refractivity (Wildman–Crippen MR) is 147 cm³/mol. The molecule has 4 aromatic carbocycles. The number of pyridine rings is 1. The van der Waals surface area contributed by atoms with E-state index in [1.807, 2.05) is 11.8 Å². The highest BCUT2D eigenvalue weighted by Gasteiger charge is 2.32. The van der Waals surface area contributed by atoms with Crippen LogP contribution >= 0.6 is 11.8 Å². The molecule has 6 rings (SSSR count). The van der Waals surface area contributed by atoms with Crippen molar-refractivity contribution in [1.82, 2.24) is 0 Å². The van der Waals surface area contributed by atoms with Crippen molar-refractivity contribution in [1.29, 1.82) is 0 Å². The van der Waals surface area contributed by atoms with E-state index in [0.717, 1.165) is 6.42 Å². The Morgan fingerprint density at radius 1 is 0.853 bits per heavy atom. The Bertz CT molecular complexity index is 1620. The first-order valence-electron chi connectivity index (χ1n) is 12.5. The monoisotopic (exact) mass is 462 g/mol. The highest BCUT2D eigenvalue weighted by atomic mass is 32.2. The van der Waals surface area contributed by atoms with Gasteiger partial charge in [-0.25, -0.2) is 4.57 Å². The van der Waals surface area contributed by atoms with Gasteiger partial charge >= 0.3 is 0 Å². The minimum Gasteiger partial charge on any atom is -0.200 e. The van der Waals surface area contributed by atoms with E-state index >= 15 is 0 Å². The molecule has 0 spiro atoms. The lowest BCUT2D eigenvalue weighted by atomic mass is 9.87. The molecule has 0 atom stereocenters. The zero-order valence-corrected chi connectivity index (χ0v) is 21.8. The fourth-order valence-electron chi connectivity index (χ4n) is 5.97. The van der Waals surface area contributed by atoms with Crippen molar-refractivity contribution in [3.8, 4) is 11.3 Å². The number of rotatable bonds is 3. The second kappa shape index (κ2) is 7.85. The Hall–Kier alpha value is -2.84. The van der Waals surface area contributed by atoms with Gasteiger partial charge < -0.3 is 0 Å². The summed E-state index contributed by atoms with van der Waals surface area (Å²) in [5.74, 6) is 1.11. The third-order valence-corrected chi connectivity index (χ3v) is 8.57. The van der Waals surface area contributed by atoms with Crippen LogP contribution in [-0.4, -0.2) is 0 Å². The number of benzene rings is 4. The van der Waals surface area contributed by atoms with E-state index in [4.69, 9.17) is 0 Å². The second-order valence-corrected chi connectivity index (χ2v) is 11.7. The molecule has 34 heavy (non-hydrogen) atoms. The maximum absolute atomic E-state index is 2.45. The van der Waals surface area contributed by atoms with E-state index in [-0.39, 0.29) is 0 Å². The van der Waals surface area contributed by atoms with Crippen LogP contribution in [0.15, 0.2) is 70.6 Å². The quantitative estimate of drug-likeness (QED) is 0.188. The molecule has 0 fully saturated rings. The minimum absolute atomic E-state index is 0.455. The van der Waals surface area contributed by atoms with Crippen molar-refractivity contribution in [2.75, 3.05) is 0 Å². The van der Waals surface area contributed by atoms with E-state index in [9.17, 15) is 0 Å². The zero-order chi connectivity index (χ0) is 23.7. The number of hydrogen-bond acceptors (Lipinski definition) is 1. The normalized spacial score (nSPS) is 12.9. The molecule has 0 amide bonds. The fourth-order valence-corrected chi connectivity index (χ4v) is 7.50. The third-order valence-electron chi connectivity index (χ3n) is 7.40. The summed E-state index contributed by atoms with van der Waals surface area (Å²) in [6, 6.07) is 20.8. The van der Waals surface area contributed by atoms with Crippen LogP contribution in [0.4, 0.5) is 0 Å². The summed E-state index contributed by atoms with van der Waals surface area (Å²) >= 11 is 1.99. The molecular formula is C32H32NS+. The first-order valence-corrected chi connectivity index (χ1v) is 13.3. The van der Waals surface area contributed by atoms with E-state index < -0.39 is 0 Å². The number of hydrogen-bond donors (Lipinski definition) is 0. The lowest BCUT2D eigenvalue weighted by Crippen LogP contribution is -2.32. The summed E-state index contributed by atoms with van der Waals surface area (Å²) in [7, 11) is 2.21. The van der Waals surface area contributed by atoms with E-state index in [1.54, 1.807) is 0 Å². The largest absolute Gasteiger partial charge is 0.222 e. The molecule has 2 heteroatoms. The Morgan fingerprint density at radius 3 is 2.35 bits per heavy atom. The summed E-state index contributed by atoms with van der Waals surface area (Å²) in [6.45, 7) is 11.6. The highest BCUT2D eigenvalue weighted by Crippen LogP contribution is 2.53. The smallest absolute Gasteiger partial charge is 0.200 e. The number of fused-ring (bicyclic) bond motifs is 5. The molecule has 0 unspecified atom stereocenters. The summed E-state index contributed by atoms with van der Waals surface area (Å²) in [6.07, 6.45) is 3.38. The second-order valence-electron chi connectivity index (χ2n) is 10.6. The van der Waals surface area contributed by atoms with Crippen LogP contribution in [0.25, 0.3) is 43.6 Å². The van der Waals surface area contributed by atoms with Gasteiger partial charge in [-0.2, -0.15) is 0 Å². The minimum atomic E-state index is 0.455. The topological polar surface area (TPSA) is 3.88 Å². The number of aryl methyl sites for hydroxylation is 2. The Labute approximate surface area is 206 Å². The van der Waals surface area contributed by atoms with Crippen LogP contribution in [0.2, 0.25) is 0 Å². The van der Waals surface area contributed by atoms with Gasteiger partial charge in [0.05, 0.1) is 10.9 Å². The van der Waals surface area contributed by atoms with Gasteiger partial charge in [0.25, 0.3) is 0 Å². The molecule has 0 aliphatic carbocycles. The molecular weight excluding hydrogens is 430 g/mol. The molecule has 1 aliphatic heterocycles. The average Bonchev–Trinajstić information content (AvgIpc) is 2.79. The van der Waals surface area contributed by atoms with Gasteiger partial charge in [-0.05, 0) is 69.5 Å². The molecule has 0 radical (unpaired) electrons. The molecule has 0 bridgehead atoms. The molecule has 0 saturated heterocycles. The summed E-state index contributed by atoms with van der Waals surface area (Å²) in [4.78, 5) is 2.83. The van der Waals surface area contributed by atoms with E-state index in [2.05, 4.69) is 107 Å². The molecule has 5 aromatic rings. The van der Waals surface area contributed by atoms with E-state index in [1.165, 1.54) is 70.1 Å². The van der Waals surface area contributed by atoms with Gasteiger partial charge in [-0.15, -0.1) is 0 Å². The van der Waals surface area contributed by atoms with Crippen molar-refractivity contribution in [2.45, 2.75) is 56.7 Å². The first-order chi connectivity index (χ1) is 16.3. The van der Waals surface area contributed by atoms with Crippen molar-refractivity contribution >= 4 is 44.1 Å². The predicted octanol–water partition coefficient (Wildman–Crippen LogP) is 8.73. The van der Waals surface area contributed by atoms with Gasteiger partial charge in [-0.1, -0.05) is 81.9 Å². The molecule has 1 aromatic heterocycles. The number of nitrogens with zero attached hydrogens (tertiary/aromatic N) is 1. The average molecular weight is 463 g/mol. The standard InChI is InChI=1S/C32H32NS/c1-18(2)15-21-11-12-24-22(16-21)17-27-30-26(24)13-14-33(6)31(30)29-20(5)23-9-7-8-10-25(23)28(19(3)4)32(29)34-27/h7-14,16-19H,15H2,1-6H3/q+1. The Balaban J connectivity index is 1.76. The van der Waals surface area contributed by atoms with Crippen LogP contribution in [0.3, 0.4) is 0 Å². The third kappa shape index (κ3) is 3.11. The SMILES string of the molecule is Cc1c2c(c(C(C)C)c3ccccc13)Sc1cc3cc(CC(C)C)ccc3c3cc[n+](C)c-2c13. The lowest BCUT2D eigenvalue weighted by Gasteiger charge is -2.26. The molecule has 1 aliphatic rings.